The van der Waals surface area contributed by atoms with Crippen molar-refractivity contribution < 1.29 is 9.90 Å². The van der Waals surface area contributed by atoms with Crippen LogP contribution in [0.3, 0.4) is 0 Å². The summed E-state index contributed by atoms with van der Waals surface area (Å²) in [5.74, 6) is 0.347. The van der Waals surface area contributed by atoms with Crippen LogP contribution >= 0.6 is 0 Å². The number of rotatable bonds is 1. The number of carboxylic acids is 1. The third kappa shape index (κ3) is 1.08. The van der Waals surface area contributed by atoms with Crippen molar-refractivity contribution in [1.82, 2.24) is 0 Å². The highest BCUT2D eigenvalue weighted by Gasteiger charge is 2.61. The van der Waals surface area contributed by atoms with E-state index < -0.39 is 11.4 Å². The van der Waals surface area contributed by atoms with Crippen LogP contribution in [0.1, 0.15) is 38.5 Å². The van der Waals surface area contributed by atoms with Crippen molar-refractivity contribution in [3.63, 3.8) is 0 Å². The van der Waals surface area contributed by atoms with Gasteiger partial charge in [0, 0.05) is 0 Å². The zero-order valence-electron chi connectivity index (χ0n) is 8.70. The highest BCUT2D eigenvalue weighted by Crippen LogP contribution is 2.65. The van der Waals surface area contributed by atoms with E-state index in [4.69, 9.17) is 0 Å². The van der Waals surface area contributed by atoms with E-state index in [1.165, 1.54) is 6.42 Å². The van der Waals surface area contributed by atoms with Crippen LogP contribution in [0.15, 0.2) is 0 Å². The summed E-state index contributed by atoms with van der Waals surface area (Å²) in [4.78, 5) is 11.4. The summed E-state index contributed by atoms with van der Waals surface area (Å²) in [5.41, 5.74) is -0.831. The van der Waals surface area contributed by atoms with Crippen LogP contribution in [0.4, 0.5) is 0 Å². The monoisotopic (exact) mass is 205 g/mol. The van der Waals surface area contributed by atoms with E-state index in [-0.39, 0.29) is 5.41 Å². The molecule has 2 atom stereocenters. The average Bonchev–Trinajstić information content (AvgIpc) is 2.15. The van der Waals surface area contributed by atoms with E-state index in [0.717, 1.165) is 25.7 Å². The Hall–Kier alpha value is -1.04. The number of carboxylic acid groups (broad SMARTS) is 1. The van der Waals surface area contributed by atoms with Gasteiger partial charge in [-0.3, -0.25) is 4.79 Å². The molecule has 80 valence electrons. The lowest BCUT2D eigenvalue weighted by Crippen LogP contribution is -2.54. The molecule has 3 nitrogen and oxygen atoms in total. The fourth-order valence-electron chi connectivity index (χ4n) is 4.64. The first kappa shape index (κ1) is 9.21. The van der Waals surface area contributed by atoms with Crippen molar-refractivity contribution >= 4 is 5.97 Å². The van der Waals surface area contributed by atoms with Gasteiger partial charge in [0.05, 0.1) is 16.9 Å². The summed E-state index contributed by atoms with van der Waals surface area (Å²) in [6, 6.07) is 2.43. The van der Waals surface area contributed by atoms with Gasteiger partial charge in [-0.25, -0.2) is 0 Å². The highest BCUT2D eigenvalue weighted by atomic mass is 16.4. The van der Waals surface area contributed by atoms with Gasteiger partial charge >= 0.3 is 5.97 Å². The van der Waals surface area contributed by atoms with E-state index in [0.29, 0.717) is 18.3 Å². The predicted octanol–water partition coefficient (Wildman–Crippen LogP) is 2.18. The molecule has 0 spiro atoms. The van der Waals surface area contributed by atoms with Crippen molar-refractivity contribution in [2.75, 3.05) is 0 Å². The van der Waals surface area contributed by atoms with Gasteiger partial charge in [-0.1, -0.05) is 0 Å². The van der Waals surface area contributed by atoms with E-state index in [2.05, 4.69) is 6.07 Å². The topological polar surface area (TPSA) is 61.1 Å². The minimum absolute atomic E-state index is 0.289. The lowest BCUT2D eigenvalue weighted by atomic mass is 9.44. The Labute approximate surface area is 89.1 Å². The normalized spacial score (nSPS) is 51.4. The first-order valence-electron chi connectivity index (χ1n) is 5.72. The molecule has 3 heteroatoms. The quantitative estimate of drug-likeness (QED) is 0.713. The van der Waals surface area contributed by atoms with Crippen LogP contribution in [0.5, 0.6) is 0 Å². The summed E-state index contributed by atoms with van der Waals surface area (Å²) in [5, 5.41) is 18.7. The molecule has 15 heavy (non-hydrogen) atoms. The second-order valence-corrected chi connectivity index (χ2v) is 5.94. The largest absolute Gasteiger partial charge is 0.481 e. The first-order chi connectivity index (χ1) is 7.07. The van der Waals surface area contributed by atoms with E-state index in [1.54, 1.807) is 0 Å². The zero-order valence-corrected chi connectivity index (χ0v) is 8.70. The molecule has 0 aromatic heterocycles. The molecule has 4 rings (SSSR count). The molecule has 0 saturated heterocycles. The molecular weight excluding hydrogens is 190 g/mol. The number of nitrogens with zero attached hydrogens (tertiary/aromatic N) is 1. The average molecular weight is 205 g/mol. The molecule has 1 N–H and O–H groups in total. The van der Waals surface area contributed by atoms with Gasteiger partial charge in [-0.2, -0.15) is 5.26 Å². The van der Waals surface area contributed by atoms with Crippen molar-refractivity contribution in [1.29, 1.82) is 5.26 Å². The maximum absolute atomic E-state index is 11.4. The molecule has 0 aromatic rings. The fraction of sp³-hybridized carbons (Fsp3) is 0.833. The molecule has 2 unspecified atom stereocenters. The van der Waals surface area contributed by atoms with Crippen LogP contribution in [0.2, 0.25) is 0 Å². The third-order valence-corrected chi connectivity index (χ3v) is 4.75. The number of hydrogen-bond acceptors (Lipinski definition) is 2. The van der Waals surface area contributed by atoms with E-state index >= 15 is 0 Å². The Bertz CT molecular complexity index is 354. The molecule has 0 aromatic carbocycles. The molecule has 4 aliphatic carbocycles. The lowest BCUT2D eigenvalue weighted by Gasteiger charge is -2.57. The van der Waals surface area contributed by atoms with Gasteiger partial charge < -0.3 is 5.11 Å². The maximum atomic E-state index is 11.4. The molecule has 0 aliphatic heterocycles. The molecule has 4 saturated carbocycles. The second-order valence-electron chi connectivity index (χ2n) is 5.94. The summed E-state index contributed by atoms with van der Waals surface area (Å²) in [6.07, 6.45) is 5.33. The van der Waals surface area contributed by atoms with E-state index in [1.807, 2.05) is 0 Å². The standard InChI is InChI=1S/C12H15NO2/c13-7-11-2-8-1-9(3-11)5-12(4-8,6-11)10(14)15/h8-9H,1-6H2,(H,14,15). The van der Waals surface area contributed by atoms with Crippen LogP contribution in [0.25, 0.3) is 0 Å². The number of hydrogen-bond donors (Lipinski definition) is 1. The summed E-state index contributed by atoms with van der Waals surface area (Å²) in [6.45, 7) is 0. The minimum atomic E-state index is -0.656. The van der Waals surface area contributed by atoms with Gasteiger partial charge in [0.1, 0.15) is 0 Å². The number of aliphatic carboxylic acids is 1. The van der Waals surface area contributed by atoms with Gasteiger partial charge in [0.15, 0.2) is 0 Å². The van der Waals surface area contributed by atoms with Crippen molar-refractivity contribution in [2.24, 2.45) is 22.7 Å². The molecule has 4 aliphatic rings. The molecule has 0 radical (unpaired) electrons. The Morgan fingerprint density at radius 1 is 1.27 bits per heavy atom. The SMILES string of the molecule is N#CC12CC3CC(C1)CC(C(=O)O)(C3)C2. The van der Waals surface area contributed by atoms with E-state index in [9.17, 15) is 15.2 Å². The van der Waals surface area contributed by atoms with Crippen LogP contribution in [-0.2, 0) is 4.79 Å². The van der Waals surface area contributed by atoms with Crippen LogP contribution in [-0.4, -0.2) is 11.1 Å². The van der Waals surface area contributed by atoms with Crippen molar-refractivity contribution in [3.8, 4) is 6.07 Å². The van der Waals surface area contributed by atoms with Crippen molar-refractivity contribution in [3.05, 3.63) is 0 Å². The zero-order chi connectivity index (χ0) is 10.7. The smallest absolute Gasteiger partial charge is 0.309 e. The number of nitriles is 1. The van der Waals surface area contributed by atoms with Gasteiger partial charge in [-0.05, 0) is 50.4 Å². The fourth-order valence-corrected chi connectivity index (χ4v) is 4.64. The third-order valence-electron chi connectivity index (χ3n) is 4.75. The Balaban J connectivity index is 2.03. The summed E-state index contributed by atoms with van der Waals surface area (Å²) >= 11 is 0. The first-order valence-corrected chi connectivity index (χ1v) is 5.72. The maximum Gasteiger partial charge on any atom is 0.309 e. The molecule has 4 bridgehead atoms. The van der Waals surface area contributed by atoms with Crippen molar-refractivity contribution in [2.45, 2.75) is 38.5 Å². The molecule has 0 amide bonds. The summed E-state index contributed by atoms with van der Waals surface area (Å²) < 4.78 is 0. The Kier molecular flexibility index (Phi) is 1.57. The molecule has 4 fully saturated rings. The minimum Gasteiger partial charge on any atom is -0.481 e. The van der Waals surface area contributed by atoms with Crippen LogP contribution < -0.4 is 0 Å². The Morgan fingerprint density at radius 2 is 1.87 bits per heavy atom. The molecular formula is C12H15NO2. The van der Waals surface area contributed by atoms with Crippen LogP contribution in [0, 0.1) is 34.0 Å². The van der Waals surface area contributed by atoms with Gasteiger partial charge in [-0.15, -0.1) is 0 Å². The second kappa shape index (κ2) is 2.55. The highest BCUT2D eigenvalue weighted by molar-refractivity contribution is 5.75. The summed E-state index contributed by atoms with van der Waals surface area (Å²) in [7, 11) is 0. The van der Waals surface area contributed by atoms with Gasteiger partial charge in [0.25, 0.3) is 0 Å². The van der Waals surface area contributed by atoms with Gasteiger partial charge in [0.2, 0.25) is 0 Å². The molecule has 0 heterocycles. The lowest BCUT2D eigenvalue weighted by molar-refractivity contribution is -0.169. The predicted molar refractivity (Wildman–Crippen MR) is 52.8 cm³/mol. The number of carbonyl (C=O) groups is 1. The Morgan fingerprint density at radius 3 is 2.33 bits per heavy atom.